The smallest absolute Gasteiger partial charge is 0.185 e. The lowest BCUT2D eigenvalue weighted by molar-refractivity contribution is 0.271. The highest BCUT2D eigenvalue weighted by Crippen LogP contribution is 2.48. The SMILES string of the molecule is C[C@@H]1CC[C@@H](C(C)(C)C)c2nn(C(c3ccccn3)n3cc4c(n3)[C@H](C(C)(C)C)CC[C@H]4C)cc21. The Morgan fingerprint density at radius 1 is 0.743 bits per heavy atom. The molecule has 3 aromatic rings. The monoisotopic (exact) mass is 473 g/mol. The zero-order valence-electron chi connectivity index (χ0n) is 22.9. The lowest BCUT2D eigenvalue weighted by Gasteiger charge is -2.35. The van der Waals surface area contributed by atoms with Crippen LogP contribution in [-0.2, 0) is 0 Å². The first kappa shape index (κ1) is 24.3. The third-order valence-electron chi connectivity index (χ3n) is 8.62. The van der Waals surface area contributed by atoms with Crippen LogP contribution in [0.5, 0.6) is 0 Å². The van der Waals surface area contributed by atoms with Crippen LogP contribution in [0.15, 0.2) is 36.8 Å². The zero-order chi connectivity index (χ0) is 25.1. The lowest BCUT2D eigenvalue weighted by Crippen LogP contribution is -2.26. The minimum absolute atomic E-state index is 0.187. The van der Waals surface area contributed by atoms with Gasteiger partial charge in [-0.1, -0.05) is 61.5 Å². The number of fused-ring (bicyclic) bond motifs is 2. The molecule has 2 aliphatic rings. The Balaban J connectivity index is 1.66. The second-order valence-electron chi connectivity index (χ2n) is 13.3. The van der Waals surface area contributed by atoms with Gasteiger partial charge in [0.1, 0.15) is 0 Å². The van der Waals surface area contributed by atoms with Crippen LogP contribution in [0.2, 0.25) is 0 Å². The molecule has 0 spiro atoms. The van der Waals surface area contributed by atoms with Crippen LogP contribution in [0.4, 0.5) is 0 Å². The van der Waals surface area contributed by atoms with Crippen LogP contribution in [0.25, 0.3) is 0 Å². The van der Waals surface area contributed by atoms with Gasteiger partial charge < -0.3 is 0 Å². The van der Waals surface area contributed by atoms with Gasteiger partial charge in [0.15, 0.2) is 6.17 Å². The van der Waals surface area contributed by atoms with Gasteiger partial charge in [-0.15, -0.1) is 0 Å². The van der Waals surface area contributed by atoms with Crippen molar-refractivity contribution >= 4 is 0 Å². The van der Waals surface area contributed by atoms with Crippen molar-refractivity contribution < 1.29 is 0 Å². The van der Waals surface area contributed by atoms with Crippen LogP contribution in [0, 0.1) is 10.8 Å². The predicted molar refractivity (Wildman–Crippen MR) is 142 cm³/mol. The van der Waals surface area contributed by atoms with Gasteiger partial charge in [-0.05, 0) is 71.6 Å². The van der Waals surface area contributed by atoms with Gasteiger partial charge in [-0.25, -0.2) is 9.36 Å². The number of aromatic nitrogens is 5. The van der Waals surface area contributed by atoms with E-state index in [0.717, 1.165) is 5.69 Å². The topological polar surface area (TPSA) is 48.5 Å². The first-order valence-corrected chi connectivity index (χ1v) is 13.5. The van der Waals surface area contributed by atoms with E-state index in [9.17, 15) is 0 Å². The van der Waals surface area contributed by atoms with E-state index >= 15 is 0 Å². The van der Waals surface area contributed by atoms with Crippen LogP contribution in [-0.4, -0.2) is 24.5 Å². The summed E-state index contributed by atoms with van der Waals surface area (Å²) < 4.78 is 4.31. The predicted octanol–water partition coefficient (Wildman–Crippen LogP) is 7.62. The molecular weight excluding hydrogens is 430 g/mol. The van der Waals surface area contributed by atoms with Crippen molar-refractivity contribution in [3.05, 3.63) is 65.0 Å². The van der Waals surface area contributed by atoms with E-state index in [4.69, 9.17) is 15.2 Å². The van der Waals surface area contributed by atoms with E-state index < -0.39 is 0 Å². The summed E-state index contributed by atoms with van der Waals surface area (Å²) in [5.41, 5.74) is 6.70. The summed E-state index contributed by atoms with van der Waals surface area (Å²) >= 11 is 0. The van der Waals surface area contributed by atoms with Gasteiger partial charge in [-0.2, -0.15) is 10.2 Å². The van der Waals surface area contributed by atoms with Crippen molar-refractivity contribution in [2.45, 2.75) is 111 Å². The quantitative estimate of drug-likeness (QED) is 0.393. The number of hydrogen-bond donors (Lipinski definition) is 0. The molecule has 3 heterocycles. The van der Waals surface area contributed by atoms with Gasteiger partial charge >= 0.3 is 0 Å². The van der Waals surface area contributed by atoms with E-state index in [1.165, 1.54) is 48.2 Å². The first-order valence-electron chi connectivity index (χ1n) is 13.5. The van der Waals surface area contributed by atoms with E-state index in [2.05, 4.69) is 89.3 Å². The molecule has 5 rings (SSSR count). The summed E-state index contributed by atoms with van der Waals surface area (Å²) in [6, 6.07) is 6.17. The van der Waals surface area contributed by atoms with Crippen molar-refractivity contribution in [1.82, 2.24) is 24.5 Å². The fraction of sp³-hybridized carbons (Fsp3) is 0.633. The highest BCUT2D eigenvalue weighted by molar-refractivity contribution is 5.32. The average Bonchev–Trinajstić information content (AvgIpc) is 3.40. The summed E-state index contributed by atoms with van der Waals surface area (Å²) in [6.07, 6.45) is 11.1. The van der Waals surface area contributed by atoms with Crippen LogP contribution >= 0.6 is 0 Å². The molecule has 0 aromatic carbocycles. The van der Waals surface area contributed by atoms with Crippen LogP contribution in [0.1, 0.15) is 139 Å². The fourth-order valence-corrected chi connectivity index (χ4v) is 6.42. The molecule has 0 amide bonds. The molecule has 0 unspecified atom stereocenters. The Morgan fingerprint density at radius 3 is 1.63 bits per heavy atom. The molecule has 5 nitrogen and oxygen atoms in total. The molecule has 5 heteroatoms. The van der Waals surface area contributed by atoms with Crippen molar-refractivity contribution in [2.75, 3.05) is 0 Å². The van der Waals surface area contributed by atoms with Gasteiger partial charge in [0.05, 0.1) is 17.1 Å². The molecule has 35 heavy (non-hydrogen) atoms. The number of hydrogen-bond acceptors (Lipinski definition) is 3. The van der Waals surface area contributed by atoms with Crippen molar-refractivity contribution in [3.63, 3.8) is 0 Å². The molecule has 0 bridgehead atoms. The van der Waals surface area contributed by atoms with E-state index in [0.29, 0.717) is 23.7 Å². The summed E-state index contributed by atoms with van der Waals surface area (Å²) in [6.45, 7) is 18.8. The Bertz CT molecular complexity index is 1100. The van der Waals surface area contributed by atoms with E-state index in [1.54, 1.807) is 0 Å². The van der Waals surface area contributed by atoms with E-state index in [-0.39, 0.29) is 17.0 Å². The summed E-state index contributed by atoms with van der Waals surface area (Å²) in [5, 5.41) is 10.6. The average molecular weight is 474 g/mol. The lowest BCUT2D eigenvalue weighted by atomic mass is 9.70. The minimum Gasteiger partial charge on any atom is -0.257 e. The van der Waals surface area contributed by atoms with Gasteiger partial charge in [0.2, 0.25) is 0 Å². The first-order chi connectivity index (χ1) is 16.4. The highest BCUT2D eigenvalue weighted by atomic mass is 15.5. The molecule has 3 aromatic heterocycles. The molecular formula is C30H43N5. The standard InChI is InChI=1S/C30H43N5/c1-19-12-14-23(29(3,4)5)26-21(19)17-34(32-26)28(25-11-9-10-16-31-25)35-18-22-20(2)13-15-24(27(22)33-35)30(6,7)8/h9-11,16-20,23-24,28H,12-15H2,1-8H3/t19-,20-,23-,24-/m1/s1. The maximum Gasteiger partial charge on any atom is 0.185 e. The van der Waals surface area contributed by atoms with Gasteiger partial charge in [0, 0.05) is 30.4 Å². The van der Waals surface area contributed by atoms with Crippen molar-refractivity contribution in [3.8, 4) is 0 Å². The summed E-state index contributed by atoms with van der Waals surface area (Å²) in [7, 11) is 0. The third kappa shape index (κ3) is 4.36. The Kier molecular flexibility index (Phi) is 5.96. The number of rotatable bonds is 3. The van der Waals surface area contributed by atoms with Crippen LogP contribution in [0.3, 0.4) is 0 Å². The molecule has 0 saturated carbocycles. The second-order valence-corrected chi connectivity index (χ2v) is 13.3. The maximum absolute atomic E-state index is 5.31. The van der Waals surface area contributed by atoms with Crippen LogP contribution < -0.4 is 0 Å². The Hall–Kier alpha value is -2.43. The molecule has 0 saturated heterocycles. The largest absolute Gasteiger partial charge is 0.257 e. The molecule has 0 radical (unpaired) electrons. The third-order valence-corrected chi connectivity index (χ3v) is 8.62. The molecule has 0 N–H and O–H groups in total. The summed E-state index contributed by atoms with van der Waals surface area (Å²) in [4.78, 5) is 4.80. The Morgan fingerprint density at radius 2 is 1.23 bits per heavy atom. The molecule has 4 atom stereocenters. The molecule has 188 valence electrons. The minimum atomic E-state index is -0.187. The zero-order valence-corrected chi connectivity index (χ0v) is 22.9. The maximum atomic E-state index is 5.31. The van der Waals surface area contributed by atoms with E-state index in [1.807, 2.05) is 12.3 Å². The van der Waals surface area contributed by atoms with Crippen molar-refractivity contribution in [1.29, 1.82) is 0 Å². The molecule has 0 fully saturated rings. The molecule has 2 aliphatic carbocycles. The summed E-state index contributed by atoms with van der Waals surface area (Å²) in [5.74, 6) is 1.99. The Labute approximate surface area is 211 Å². The number of pyridine rings is 1. The molecule has 0 aliphatic heterocycles. The normalized spacial score (nSPS) is 24.9. The second kappa shape index (κ2) is 8.60. The van der Waals surface area contributed by atoms with Gasteiger partial charge in [0.25, 0.3) is 0 Å². The number of nitrogens with zero attached hydrogens (tertiary/aromatic N) is 5. The van der Waals surface area contributed by atoms with Crippen molar-refractivity contribution in [2.24, 2.45) is 10.8 Å². The highest BCUT2D eigenvalue weighted by Gasteiger charge is 2.39. The van der Waals surface area contributed by atoms with Gasteiger partial charge in [-0.3, -0.25) is 4.98 Å². The fourth-order valence-electron chi connectivity index (χ4n) is 6.42.